The van der Waals surface area contributed by atoms with Crippen LogP contribution in [0.25, 0.3) is 82.8 Å². The lowest BCUT2D eigenvalue weighted by atomic mass is 9.82. The number of furan rings is 1. The summed E-state index contributed by atoms with van der Waals surface area (Å²) < 4.78 is 9.16. The molecule has 1 aliphatic carbocycles. The molecule has 9 aromatic carbocycles. The molecule has 0 bridgehead atoms. The minimum atomic E-state index is -0.128. The monoisotopic (exact) mass is 768 g/mol. The van der Waals surface area contributed by atoms with Crippen molar-refractivity contribution in [2.75, 3.05) is 4.90 Å². The molecule has 2 heterocycles. The van der Waals surface area contributed by atoms with Crippen LogP contribution >= 0.6 is 0 Å². The van der Waals surface area contributed by atoms with Crippen molar-refractivity contribution in [1.82, 2.24) is 4.57 Å². The standard InChI is InChI=1S/C57H40N2O/c1-57(2)49-25-13-9-22-43(49)44-34-33-41(35-50(44)57)58(51-26-14-10-21-42(51)37-17-5-3-6-18-37)40-31-29-38(30-32-40)47-36-48-45-23-12-16-28-53(45)60-56(48)55-54(47)46-24-11-15-27-52(46)59(55)39-19-7-4-8-20-39/h3-36H,1-2H3. The quantitative estimate of drug-likeness (QED) is 0.168. The molecule has 2 aromatic heterocycles. The Hall–Kier alpha value is -7.62. The zero-order valence-electron chi connectivity index (χ0n) is 33.4. The highest BCUT2D eigenvalue weighted by Gasteiger charge is 2.36. The van der Waals surface area contributed by atoms with Crippen molar-refractivity contribution in [3.63, 3.8) is 0 Å². The Morgan fingerprint density at radius 3 is 1.88 bits per heavy atom. The Balaban J connectivity index is 1.09. The smallest absolute Gasteiger partial charge is 0.160 e. The molecule has 0 atom stereocenters. The molecule has 0 saturated carbocycles. The molecule has 60 heavy (non-hydrogen) atoms. The number of para-hydroxylation sites is 4. The molecular formula is C57H40N2O. The van der Waals surface area contributed by atoms with E-state index in [1.165, 1.54) is 49.7 Å². The molecule has 0 spiro atoms. The van der Waals surface area contributed by atoms with Crippen LogP contribution < -0.4 is 4.90 Å². The second kappa shape index (κ2) is 13.2. The van der Waals surface area contributed by atoms with Crippen LogP contribution in [0.2, 0.25) is 0 Å². The summed E-state index contributed by atoms with van der Waals surface area (Å²) in [7, 11) is 0. The molecule has 0 saturated heterocycles. The molecule has 0 unspecified atom stereocenters. The summed E-state index contributed by atoms with van der Waals surface area (Å²) >= 11 is 0. The van der Waals surface area contributed by atoms with Gasteiger partial charge in [-0.15, -0.1) is 0 Å². The lowest BCUT2D eigenvalue weighted by Gasteiger charge is -2.30. The summed E-state index contributed by atoms with van der Waals surface area (Å²) in [6.07, 6.45) is 0. The number of aromatic nitrogens is 1. The number of hydrogen-bond acceptors (Lipinski definition) is 2. The van der Waals surface area contributed by atoms with Crippen LogP contribution in [0.5, 0.6) is 0 Å². The highest BCUT2D eigenvalue weighted by atomic mass is 16.3. The SMILES string of the molecule is CC1(C)c2ccccc2-c2ccc(N(c3ccc(-c4cc5c6ccccc6oc5c5c4c4ccccc4n5-c4ccccc4)cc3)c3ccccc3-c3ccccc3)cc21. The third kappa shape index (κ3) is 5.09. The first-order valence-electron chi connectivity index (χ1n) is 20.8. The van der Waals surface area contributed by atoms with E-state index in [1.54, 1.807) is 0 Å². The fourth-order valence-electron chi connectivity index (χ4n) is 9.98. The van der Waals surface area contributed by atoms with Crippen molar-refractivity contribution < 1.29 is 4.42 Å². The predicted octanol–water partition coefficient (Wildman–Crippen LogP) is 15.8. The number of hydrogen-bond donors (Lipinski definition) is 0. The lowest BCUT2D eigenvalue weighted by molar-refractivity contribution is 0.660. The van der Waals surface area contributed by atoms with Crippen LogP contribution in [0.15, 0.2) is 211 Å². The number of nitrogens with zero attached hydrogens (tertiary/aromatic N) is 2. The normalized spacial score (nSPS) is 13.0. The first-order chi connectivity index (χ1) is 29.5. The highest BCUT2D eigenvalue weighted by molar-refractivity contribution is 6.26. The van der Waals surface area contributed by atoms with Crippen molar-refractivity contribution in [1.29, 1.82) is 0 Å². The fourth-order valence-corrected chi connectivity index (χ4v) is 9.98. The summed E-state index contributed by atoms with van der Waals surface area (Å²) in [6.45, 7) is 4.71. The van der Waals surface area contributed by atoms with Gasteiger partial charge in [0, 0.05) is 49.6 Å². The zero-order valence-corrected chi connectivity index (χ0v) is 33.4. The van der Waals surface area contributed by atoms with Gasteiger partial charge < -0.3 is 13.9 Å². The molecule has 0 amide bonds. The molecule has 3 nitrogen and oxygen atoms in total. The van der Waals surface area contributed by atoms with Crippen LogP contribution in [0, 0.1) is 0 Å². The highest BCUT2D eigenvalue weighted by Crippen LogP contribution is 2.52. The summed E-state index contributed by atoms with van der Waals surface area (Å²) in [5.74, 6) is 0. The third-order valence-electron chi connectivity index (χ3n) is 12.8. The molecule has 12 rings (SSSR count). The Labute approximate surface area is 349 Å². The van der Waals surface area contributed by atoms with Crippen LogP contribution in [0.4, 0.5) is 17.1 Å². The second-order valence-electron chi connectivity index (χ2n) is 16.5. The van der Waals surface area contributed by atoms with E-state index in [-0.39, 0.29) is 5.41 Å². The van der Waals surface area contributed by atoms with Gasteiger partial charge >= 0.3 is 0 Å². The minimum Gasteiger partial charge on any atom is -0.454 e. The number of anilines is 3. The van der Waals surface area contributed by atoms with Crippen LogP contribution in [-0.2, 0) is 5.41 Å². The molecule has 1 aliphatic rings. The zero-order chi connectivity index (χ0) is 40.0. The van der Waals surface area contributed by atoms with E-state index in [9.17, 15) is 0 Å². The largest absolute Gasteiger partial charge is 0.454 e. The summed E-state index contributed by atoms with van der Waals surface area (Å²) in [4.78, 5) is 2.44. The van der Waals surface area contributed by atoms with Gasteiger partial charge in [0.15, 0.2) is 5.58 Å². The van der Waals surface area contributed by atoms with E-state index in [4.69, 9.17) is 4.42 Å². The van der Waals surface area contributed by atoms with Crippen molar-refractivity contribution in [2.45, 2.75) is 19.3 Å². The van der Waals surface area contributed by atoms with E-state index in [1.807, 2.05) is 0 Å². The summed E-state index contributed by atoms with van der Waals surface area (Å²) in [5.41, 5.74) is 18.4. The van der Waals surface area contributed by atoms with Crippen LogP contribution in [-0.4, -0.2) is 4.57 Å². The van der Waals surface area contributed by atoms with E-state index in [2.05, 4.69) is 230 Å². The molecule has 3 heteroatoms. The van der Waals surface area contributed by atoms with Gasteiger partial charge in [-0.05, 0) is 99.6 Å². The van der Waals surface area contributed by atoms with Gasteiger partial charge in [0.2, 0.25) is 0 Å². The van der Waals surface area contributed by atoms with Gasteiger partial charge in [-0.3, -0.25) is 0 Å². The topological polar surface area (TPSA) is 21.3 Å². The lowest BCUT2D eigenvalue weighted by Crippen LogP contribution is -2.16. The van der Waals surface area contributed by atoms with Crippen LogP contribution in [0.3, 0.4) is 0 Å². The summed E-state index contributed by atoms with van der Waals surface area (Å²) in [6, 6.07) is 74.8. The number of benzene rings is 9. The van der Waals surface area contributed by atoms with Crippen molar-refractivity contribution >= 4 is 60.8 Å². The minimum absolute atomic E-state index is 0.128. The maximum absolute atomic E-state index is 6.78. The van der Waals surface area contributed by atoms with Crippen molar-refractivity contribution in [3.05, 3.63) is 217 Å². The Morgan fingerprint density at radius 1 is 0.450 bits per heavy atom. The van der Waals surface area contributed by atoms with Crippen molar-refractivity contribution in [2.24, 2.45) is 0 Å². The average Bonchev–Trinajstić information content (AvgIpc) is 3.93. The van der Waals surface area contributed by atoms with Crippen molar-refractivity contribution in [3.8, 4) is 39.1 Å². The van der Waals surface area contributed by atoms with E-state index >= 15 is 0 Å². The van der Waals surface area contributed by atoms with Gasteiger partial charge in [0.25, 0.3) is 0 Å². The molecule has 0 fully saturated rings. The first kappa shape index (κ1) is 34.4. The Bertz CT molecular complexity index is 3450. The third-order valence-corrected chi connectivity index (χ3v) is 12.8. The van der Waals surface area contributed by atoms with E-state index in [0.29, 0.717) is 0 Å². The van der Waals surface area contributed by atoms with E-state index in [0.717, 1.165) is 61.3 Å². The number of fused-ring (bicyclic) bond motifs is 10. The molecule has 0 N–H and O–H groups in total. The fraction of sp³-hybridized carbons (Fsp3) is 0.0526. The van der Waals surface area contributed by atoms with Gasteiger partial charge in [-0.25, -0.2) is 0 Å². The maximum Gasteiger partial charge on any atom is 0.160 e. The summed E-state index contributed by atoms with van der Waals surface area (Å²) in [5, 5.41) is 4.60. The molecule has 0 radical (unpaired) electrons. The maximum atomic E-state index is 6.78. The Morgan fingerprint density at radius 2 is 1.07 bits per heavy atom. The van der Waals surface area contributed by atoms with E-state index < -0.39 is 0 Å². The Kier molecular flexibility index (Phi) is 7.58. The number of rotatable bonds is 6. The molecule has 284 valence electrons. The van der Waals surface area contributed by atoms with Gasteiger partial charge in [0.05, 0.1) is 16.7 Å². The van der Waals surface area contributed by atoms with Gasteiger partial charge in [-0.2, -0.15) is 0 Å². The average molecular weight is 769 g/mol. The van der Waals surface area contributed by atoms with Crippen LogP contribution in [0.1, 0.15) is 25.0 Å². The molecular weight excluding hydrogens is 729 g/mol. The predicted molar refractivity (Wildman–Crippen MR) is 251 cm³/mol. The first-order valence-corrected chi connectivity index (χ1v) is 20.8. The second-order valence-corrected chi connectivity index (χ2v) is 16.5. The van der Waals surface area contributed by atoms with Gasteiger partial charge in [0.1, 0.15) is 5.58 Å². The molecule has 0 aliphatic heterocycles. The molecule has 11 aromatic rings. The van der Waals surface area contributed by atoms with Gasteiger partial charge in [-0.1, -0.05) is 159 Å².